The van der Waals surface area contributed by atoms with Gasteiger partial charge in [0, 0.05) is 5.56 Å². The number of benzene rings is 1. The molecule has 1 unspecified atom stereocenters. The van der Waals surface area contributed by atoms with Gasteiger partial charge in [0.15, 0.2) is 8.03 Å². The van der Waals surface area contributed by atoms with Crippen molar-refractivity contribution in [2.45, 2.75) is 19.0 Å². The zero-order valence-electron chi connectivity index (χ0n) is 8.57. The quantitative estimate of drug-likeness (QED) is 0.786. The lowest BCUT2D eigenvalue weighted by atomic mass is 10.0. The topological polar surface area (TPSA) is 46.5 Å². The average molecular weight is 214 g/mol. The van der Waals surface area contributed by atoms with Crippen LogP contribution in [-0.4, -0.2) is 12.0 Å². The van der Waals surface area contributed by atoms with Crippen LogP contribution in [0.2, 0.25) is 0 Å². The summed E-state index contributed by atoms with van der Waals surface area (Å²) in [5.41, 5.74) is 0.772. The molecule has 1 atom stereocenters. The van der Waals surface area contributed by atoms with Crippen molar-refractivity contribution in [3.63, 3.8) is 0 Å². The molecule has 1 aromatic rings. The first-order chi connectivity index (χ1) is 6.50. The number of methoxy groups -OCH3 is 1. The Balaban J connectivity index is 3.24. The summed E-state index contributed by atoms with van der Waals surface area (Å²) in [6.45, 7) is 3.48. The van der Waals surface area contributed by atoms with E-state index in [-0.39, 0.29) is 0 Å². The van der Waals surface area contributed by atoms with E-state index in [9.17, 15) is 9.46 Å². The lowest BCUT2D eigenvalue weighted by Gasteiger charge is -2.23. The summed E-state index contributed by atoms with van der Waals surface area (Å²) in [6.07, 6.45) is 0. The van der Waals surface area contributed by atoms with Crippen molar-refractivity contribution >= 4 is 8.03 Å². The first-order valence-electron chi connectivity index (χ1n) is 4.37. The molecule has 78 valence electrons. The first kappa shape index (κ1) is 11.3. The highest BCUT2D eigenvalue weighted by atomic mass is 31.1. The molecular weight excluding hydrogens is 199 g/mol. The highest BCUT2D eigenvalue weighted by Gasteiger charge is 2.29. The van der Waals surface area contributed by atoms with E-state index in [1.807, 2.05) is 18.2 Å². The van der Waals surface area contributed by atoms with E-state index in [0.717, 1.165) is 5.56 Å². The van der Waals surface area contributed by atoms with Crippen LogP contribution in [0.5, 0.6) is 5.75 Å². The zero-order chi connectivity index (χ0) is 10.8. The molecule has 14 heavy (non-hydrogen) atoms. The fourth-order valence-corrected chi connectivity index (χ4v) is 1.71. The molecule has 0 fully saturated rings. The van der Waals surface area contributed by atoms with Crippen LogP contribution in [0.3, 0.4) is 0 Å². The second-order valence-corrected chi connectivity index (χ2v) is 5.49. The summed E-state index contributed by atoms with van der Waals surface area (Å²) in [7, 11) is -1.07. The third-order valence-corrected chi connectivity index (χ3v) is 3.65. The van der Waals surface area contributed by atoms with Crippen molar-refractivity contribution < 1.29 is 14.2 Å². The predicted molar refractivity (Wildman–Crippen MR) is 57.2 cm³/mol. The van der Waals surface area contributed by atoms with Gasteiger partial charge in [-0.1, -0.05) is 18.2 Å². The predicted octanol–water partition coefficient (Wildman–Crippen LogP) is 2.40. The Hall–Kier alpha value is -0.790. The molecule has 0 heterocycles. The minimum absolute atomic E-state index is 0.657. The zero-order valence-corrected chi connectivity index (χ0v) is 9.57. The van der Waals surface area contributed by atoms with Crippen LogP contribution >= 0.6 is 8.03 Å². The molecule has 0 radical (unpaired) electrons. The molecule has 1 rings (SSSR count). The Morgan fingerprint density at radius 1 is 1.36 bits per heavy atom. The summed E-state index contributed by atoms with van der Waals surface area (Å²) >= 11 is 0. The minimum atomic E-state index is -2.63. The minimum Gasteiger partial charge on any atom is -0.496 e. The molecule has 0 amide bonds. The Morgan fingerprint density at radius 3 is 2.43 bits per heavy atom. The summed E-state index contributed by atoms with van der Waals surface area (Å²) in [5.74, 6) is 0.657. The van der Waals surface area contributed by atoms with E-state index in [0.29, 0.717) is 5.75 Å². The van der Waals surface area contributed by atoms with Gasteiger partial charge in [-0.15, -0.1) is 0 Å². The van der Waals surface area contributed by atoms with Crippen LogP contribution in [0.4, 0.5) is 0 Å². The fraction of sp³-hybridized carbons (Fsp3) is 0.400. The second kappa shape index (κ2) is 4.16. The Morgan fingerprint density at radius 2 is 1.93 bits per heavy atom. The number of rotatable bonds is 3. The van der Waals surface area contributed by atoms with Gasteiger partial charge in [-0.25, -0.2) is 0 Å². The number of hydrogen-bond donors (Lipinski definition) is 1. The molecule has 0 saturated carbocycles. The molecular formula is C10H15O3P. The van der Waals surface area contributed by atoms with Crippen LogP contribution in [0.15, 0.2) is 24.3 Å². The van der Waals surface area contributed by atoms with Crippen LogP contribution < -0.4 is 4.74 Å². The third-order valence-electron chi connectivity index (χ3n) is 2.31. The van der Waals surface area contributed by atoms with Gasteiger partial charge in [0.05, 0.1) is 12.3 Å². The van der Waals surface area contributed by atoms with Gasteiger partial charge in [-0.3, -0.25) is 4.57 Å². The third kappa shape index (κ3) is 1.99. The highest BCUT2D eigenvalue weighted by Crippen LogP contribution is 2.46. The van der Waals surface area contributed by atoms with E-state index in [2.05, 4.69) is 0 Å². The highest BCUT2D eigenvalue weighted by molar-refractivity contribution is 7.39. The maximum absolute atomic E-state index is 11.2. The average Bonchev–Trinajstić information content (AvgIpc) is 2.17. The molecule has 0 aliphatic carbocycles. The summed E-state index contributed by atoms with van der Waals surface area (Å²) in [5, 5.41) is -0.739. The molecule has 3 nitrogen and oxygen atoms in total. The Kier molecular flexibility index (Phi) is 3.35. The van der Waals surface area contributed by atoms with E-state index in [4.69, 9.17) is 4.74 Å². The van der Waals surface area contributed by atoms with Crippen molar-refractivity contribution in [2.75, 3.05) is 7.11 Å². The van der Waals surface area contributed by atoms with Gasteiger partial charge >= 0.3 is 0 Å². The van der Waals surface area contributed by atoms with Gasteiger partial charge in [0.25, 0.3) is 0 Å². The molecule has 0 spiro atoms. The summed E-state index contributed by atoms with van der Waals surface area (Å²) in [6, 6.07) is 7.29. The lowest BCUT2D eigenvalue weighted by Crippen LogP contribution is -2.12. The van der Waals surface area contributed by atoms with E-state index < -0.39 is 13.2 Å². The summed E-state index contributed by atoms with van der Waals surface area (Å²) in [4.78, 5) is 9.24. The number of hydrogen-bond acceptors (Lipinski definition) is 2. The van der Waals surface area contributed by atoms with E-state index in [1.165, 1.54) is 0 Å². The second-order valence-electron chi connectivity index (χ2n) is 3.63. The smallest absolute Gasteiger partial charge is 0.198 e. The number of para-hydroxylation sites is 1. The SMILES string of the molecule is COc1ccccc1C(C)(C)[PH](=O)O. The molecule has 0 saturated heterocycles. The van der Waals surface area contributed by atoms with Crippen molar-refractivity contribution in [2.24, 2.45) is 0 Å². The molecule has 0 bridgehead atoms. The van der Waals surface area contributed by atoms with E-state index in [1.54, 1.807) is 27.0 Å². The molecule has 1 aromatic carbocycles. The van der Waals surface area contributed by atoms with Crippen LogP contribution in [0.25, 0.3) is 0 Å². The fourth-order valence-electron chi connectivity index (χ4n) is 1.28. The largest absolute Gasteiger partial charge is 0.496 e. The molecule has 0 aliphatic rings. The Labute approximate surface area is 84.6 Å². The maximum Gasteiger partial charge on any atom is 0.198 e. The van der Waals surface area contributed by atoms with Crippen LogP contribution in [0.1, 0.15) is 19.4 Å². The molecule has 1 N–H and O–H groups in total. The lowest BCUT2D eigenvalue weighted by molar-refractivity contribution is 0.400. The molecule has 4 heteroatoms. The van der Waals surface area contributed by atoms with Crippen LogP contribution in [0, 0.1) is 0 Å². The van der Waals surface area contributed by atoms with Gasteiger partial charge in [0.2, 0.25) is 0 Å². The first-order valence-corrected chi connectivity index (χ1v) is 5.72. The standard InChI is InChI=1S/C10H15O3P/c1-10(2,14(11)12)8-6-4-5-7-9(8)13-3/h4-7,14H,1-3H3,(H,11,12). The van der Waals surface area contributed by atoms with Gasteiger partial charge < -0.3 is 9.63 Å². The number of ether oxygens (including phenoxy) is 1. The van der Waals surface area contributed by atoms with Crippen molar-refractivity contribution in [3.8, 4) is 5.75 Å². The van der Waals surface area contributed by atoms with Crippen molar-refractivity contribution in [1.82, 2.24) is 0 Å². The van der Waals surface area contributed by atoms with Gasteiger partial charge in [-0.05, 0) is 19.9 Å². The Bertz CT molecular complexity index is 347. The molecule has 0 aliphatic heterocycles. The van der Waals surface area contributed by atoms with Crippen molar-refractivity contribution in [1.29, 1.82) is 0 Å². The van der Waals surface area contributed by atoms with Crippen LogP contribution in [-0.2, 0) is 9.72 Å². The maximum atomic E-state index is 11.2. The summed E-state index contributed by atoms with van der Waals surface area (Å²) < 4.78 is 16.4. The normalized spacial score (nSPS) is 13.7. The van der Waals surface area contributed by atoms with Gasteiger partial charge in [0.1, 0.15) is 5.75 Å². The monoisotopic (exact) mass is 214 g/mol. The molecule has 0 aromatic heterocycles. The van der Waals surface area contributed by atoms with Crippen molar-refractivity contribution in [3.05, 3.63) is 29.8 Å². The van der Waals surface area contributed by atoms with Gasteiger partial charge in [-0.2, -0.15) is 0 Å². The van der Waals surface area contributed by atoms with E-state index >= 15 is 0 Å².